The molecule has 0 aliphatic carbocycles. The lowest BCUT2D eigenvalue weighted by molar-refractivity contribution is -0.384. The first-order chi connectivity index (χ1) is 11.1. The maximum absolute atomic E-state index is 12.5. The SMILES string of the molecule is C[C@@H]1CN(C(=O)Nc2ccncc2[N+](=O)[O-])[C@H]1c1ccccc1. The van der Waals surface area contributed by atoms with E-state index in [0.717, 1.165) is 11.8 Å². The predicted octanol–water partition coefficient (Wildman–Crippen LogP) is 3.21. The van der Waals surface area contributed by atoms with Crippen molar-refractivity contribution in [2.24, 2.45) is 5.92 Å². The van der Waals surface area contributed by atoms with Gasteiger partial charge in [0.15, 0.2) is 0 Å². The quantitative estimate of drug-likeness (QED) is 0.696. The average molecular weight is 312 g/mol. The molecule has 1 aliphatic rings. The minimum absolute atomic E-state index is 0.0166. The zero-order chi connectivity index (χ0) is 16.4. The summed E-state index contributed by atoms with van der Waals surface area (Å²) in [5.41, 5.74) is 0.998. The van der Waals surface area contributed by atoms with Gasteiger partial charge in [-0.25, -0.2) is 4.79 Å². The van der Waals surface area contributed by atoms with Crippen molar-refractivity contribution in [2.75, 3.05) is 11.9 Å². The van der Waals surface area contributed by atoms with Crippen molar-refractivity contribution in [2.45, 2.75) is 13.0 Å². The largest absolute Gasteiger partial charge is 0.322 e. The fourth-order valence-corrected chi connectivity index (χ4v) is 2.89. The molecule has 0 unspecified atom stereocenters. The van der Waals surface area contributed by atoms with Crippen molar-refractivity contribution in [3.63, 3.8) is 0 Å². The van der Waals surface area contributed by atoms with Crippen LogP contribution in [0.1, 0.15) is 18.5 Å². The molecule has 2 heterocycles. The van der Waals surface area contributed by atoms with Gasteiger partial charge in [0.1, 0.15) is 11.9 Å². The van der Waals surface area contributed by atoms with E-state index in [2.05, 4.69) is 17.2 Å². The van der Waals surface area contributed by atoms with E-state index < -0.39 is 4.92 Å². The number of carbonyl (C=O) groups is 1. The first-order valence-corrected chi connectivity index (χ1v) is 7.29. The highest BCUT2D eigenvalue weighted by atomic mass is 16.6. The van der Waals surface area contributed by atoms with Gasteiger partial charge in [-0.2, -0.15) is 0 Å². The summed E-state index contributed by atoms with van der Waals surface area (Å²) in [6.45, 7) is 2.70. The molecule has 1 aliphatic heterocycles. The zero-order valence-corrected chi connectivity index (χ0v) is 12.5. The number of urea groups is 1. The van der Waals surface area contributed by atoms with Crippen LogP contribution >= 0.6 is 0 Å². The molecule has 1 fully saturated rings. The number of anilines is 1. The Hall–Kier alpha value is -2.96. The molecular formula is C16H16N4O3. The van der Waals surface area contributed by atoms with Gasteiger partial charge in [0.25, 0.3) is 0 Å². The summed E-state index contributed by atoms with van der Waals surface area (Å²) in [7, 11) is 0. The van der Waals surface area contributed by atoms with Crippen LogP contribution in [-0.4, -0.2) is 27.4 Å². The molecule has 7 heteroatoms. The topological polar surface area (TPSA) is 88.4 Å². The summed E-state index contributed by atoms with van der Waals surface area (Å²) in [4.78, 5) is 28.3. The van der Waals surface area contributed by atoms with Gasteiger partial charge in [-0.05, 0) is 17.5 Å². The smallest absolute Gasteiger partial charge is 0.317 e. The van der Waals surface area contributed by atoms with E-state index in [9.17, 15) is 14.9 Å². The number of hydrogen-bond donors (Lipinski definition) is 1. The molecule has 2 atom stereocenters. The van der Waals surface area contributed by atoms with E-state index >= 15 is 0 Å². The van der Waals surface area contributed by atoms with Crippen LogP contribution in [0, 0.1) is 16.0 Å². The highest BCUT2D eigenvalue weighted by Crippen LogP contribution is 2.39. The molecule has 1 aromatic carbocycles. The number of carbonyl (C=O) groups excluding carboxylic acids is 1. The summed E-state index contributed by atoms with van der Waals surface area (Å²) >= 11 is 0. The summed E-state index contributed by atoms with van der Waals surface area (Å²) in [5.74, 6) is 0.343. The molecular weight excluding hydrogens is 296 g/mol. The number of nitrogens with one attached hydrogen (secondary N) is 1. The molecule has 0 bridgehead atoms. The highest BCUT2D eigenvalue weighted by molar-refractivity contribution is 5.92. The second-order valence-corrected chi connectivity index (χ2v) is 5.57. The van der Waals surface area contributed by atoms with Crippen molar-refractivity contribution in [1.82, 2.24) is 9.88 Å². The predicted molar refractivity (Wildman–Crippen MR) is 85.0 cm³/mol. The second-order valence-electron chi connectivity index (χ2n) is 5.57. The Morgan fingerprint density at radius 3 is 2.74 bits per heavy atom. The van der Waals surface area contributed by atoms with Crippen molar-refractivity contribution in [3.05, 3.63) is 64.5 Å². The maximum atomic E-state index is 12.5. The number of rotatable bonds is 3. The second kappa shape index (κ2) is 6.04. The van der Waals surface area contributed by atoms with E-state index in [-0.39, 0.29) is 23.4 Å². The van der Waals surface area contributed by atoms with Gasteiger partial charge in [-0.3, -0.25) is 15.1 Å². The van der Waals surface area contributed by atoms with Gasteiger partial charge >= 0.3 is 11.7 Å². The summed E-state index contributed by atoms with van der Waals surface area (Å²) in [6.07, 6.45) is 2.54. The van der Waals surface area contributed by atoms with Crippen molar-refractivity contribution in [1.29, 1.82) is 0 Å². The van der Waals surface area contributed by atoms with Gasteiger partial charge in [-0.1, -0.05) is 37.3 Å². The van der Waals surface area contributed by atoms with E-state index in [4.69, 9.17) is 0 Å². The molecule has 2 aromatic rings. The Bertz CT molecular complexity index is 735. The van der Waals surface area contributed by atoms with Crippen molar-refractivity contribution >= 4 is 17.4 Å². The molecule has 7 nitrogen and oxygen atoms in total. The standard InChI is InChI=1S/C16H16N4O3/c1-11-10-19(15(11)12-5-3-2-4-6-12)16(21)18-13-7-8-17-9-14(13)20(22)23/h2-9,11,15H,10H2,1H3,(H,17,18,21)/t11-,15-/m1/s1. The molecule has 118 valence electrons. The molecule has 23 heavy (non-hydrogen) atoms. The average Bonchev–Trinajstić information content (AvgIpc) is 2.53. The number of aromatic nitrogens is 1. The minimum atomic E-state index is -0.560. The Labute approximate surface area is 133 Å². The lowest BCUT2D eigenvalue weighted by Crippen LogP contribution is -2.53. The lowest BCUT2D eigenvalue weighted by atomic mass is 9.85. The Balaban J connectivity index is 1.78. The normalized spacial score (nSPS) is 19.8. The molecule has 1 N–H and O–H groups in total. The van der Waals surface area contributed by atoms with Crippen LogP contribution in [0.3, 0.4) is 0 Å². The number of hydrogen-bond acceptors (Lipinski definition) is 4. The third kappa shape index (κ3) is 2.85. The number of amides is 2. The Kier molecular flexibility index (Phi) is 3.92. The van der Waals surface area contributed by atoms with E-state index in [0.29, 0.717) is 12.5 Å². The van der Waals surface area contributed by atoms with E-state index in [1.807, 2.05) is 30.3 Å². The minimum Gasteiger partial charge on any atom is -0.317 e. The summed E-state index contributed by atoms with van der Waals surface area (Å²) in [5, 5.41) is 13.6. The van der Waals surface area contributed by atoms with E-state index in [1.54, 1.807) is 4.90 Å². The van der Waals surface area contributed by atoms with Crippen LogP contribution in [0.4, 0.5) is 16.2 Å². The summed E-state index contributed by atoms with van der Waals surface area (Å²) in [6, 6.07) is 10.8. The van der Waals surface area contributed by atoms with Crippen molar-refractivity contribution < 1.29 is 9.72 Å². The monoisotopic (exact) mass is 312 g/mol. The molecule has 0 radical (unpaired) electrons. The number of nitrogens with zero attached hydrogens (tertiary/aromatic N) is 3. The van der Waals surface area contributed by atoms with Crippen LogP contribution < -0.4 is 5.32 Å². The number of likely N-dealkylation sites (tertiary alicyclic amines) is 1. The Morgan fingerprint density at radius 1 is 1.35 bits per heavy atom. The fourth-order valence-electron chi connectivity index (χ4n) is 2.89. The van der Waals surface area contributed by atoms with Gasteiger partial charge in [0, 0.05) is 12.7 Å². The number of nitro groups is 1. The molecule has 2 amide bonds. The molecule has 1 aromatic heterocycles. The zero-order valence-electron chi connectivity index (χ0n) is 12.5. The van der Waals surface area contributed by atoms with Crippen LogP contribution in [0.25, 0.3) is 0 Å². The lowest BCUT2D eigenvalue weighted by Gasteiger charge is -2.46. The highest BCUT2D eigenvalue weighted by Gasteiger charge is 2.40. The van der Waals surface area contributed by atoms with Crippen LogP contribution in [0.2, 0.25) is 0 Å². The maximum Gasteiger partial charge on any atom is 0.322 e. The van der Waals surface area contributed by atoms with E-state index in [1.165, 1.54) is 12.3 Å². The third-order valence-corrected chi connectivity index (χ3v) is 4.00. The molecule has 0 spiro atoms. The molecule has 0 saturated carbocycles. The van der Waals surface area contributed by atoms with Gasteiger partial charge < -0.3 is 10.2 Å². The van der Waals surface area contributed by atoms with Crippen LogP contribution in [0.5, 0.6) is 0 Å². The number of pyridine rings is 1. The van der Waals surface area contributed by atoms with Gasteiger partial charge in [-0.15, -0.1) is 0 Å². The number of benzene rings is 1. The summed E-state index contributed by atoms with van der Waals surface area (Å²) < 4.78 is 0. The van der Waals surface area contributed by atoms with Gasteiger partial charge in [0.2, 0.25) is 0 Å². The van der Waals surface area contributed by atoms with Gasteiger partial charge in [0.05, 0.1) is 11.0 Å². The first-order valence-electron chi connectivity index (χ1n) is 7.29. The fraction of sp³-hybridized carbons (Fsp3) is 0.250. The first kappa shape index (κ1) is 15.0. The molecule has 3 rings (SSSR count). The van der Waals surface area contributed by atoms with Crippen molar-refractivity contribution in [3.8, 4) is 0 Å². The Morgan fingerprint density at radius 2 is 2.09 bits per heavy atom. The van der Waals surface area contributed by atoms with Crippen LogP contribution in [0.15, 0.2) is 48.8 Å². The third-order valence-electron chi connectivity index (χ3n) is 4.00. The molecule has 1 saturated heterocycles. The van der Waals surface area contributed by atoms with Crippen LogP contribution in [-0.2, 0) is 0 Å².